The normalized spacial score (nSPS) is 16.6. The topological polar surface area (TPSA) is 35.5 Å². The molecule has 1 heterocycles. The predicted octanol–water partition coefficient (Wildman–Crippen LogP) is 3.13. The van der Waals surface area contributed by atoms with Crippen LogP contribution in [0.4, 0.5) is 13.2 Å². The lowest BCUT2D eigenvalue weighted by Crippen LogP contribution is -2.37. The highest BCUT2D eigenvalue weighted by molar-refractivity contribution is 6.00. The van der Waals surface area contributed by atoms with Gasteiger partial charge in [-0.15, -0.1) is 0 Å². The third-order valence-corrected chi connectivity index (χ3v) is 3.10. The smallest absolute Gasteiger partial charge is 0.209 e. The van der Waals surface area contributed by atoms with E-state index in [2.05, 4.69) is 0 Å². The van der Waals surface area contributed by atoms with E-state index in [4.69, 9.17) is 9.47 Å². The first-order chi connectivity index (χ1) is 10.1. The maximum absolute atomic E-state index is 13.6. The number of ether oxygens (including phenoxy) is 2. The van der Waals surface area contributed by atoms with Crippen molar-refractivity contribution in [1.82, 2.24) is 0 Å². The molecule has 0 radical (unpaired) electrons. The van der Waals surface area contributed by atoms with E-state index in [9.17, 15) is 18.0 Å². The maximum Gasteiger partial charge on any atom is 0.209 e. The lowest BCUT2D eigenvalue weighted by Gasteiger charge is -2.25. The molecule has 1 atom stereocenters. The zero-order valence-electron chi connectivity index (χ0n) is 10.6. The number of rotatable bonds is 2. The average Bonchev–Trinajstić information content (AvgIpc) is 2.52. The van der Waals surface area contributed by atoms with Gasteiger partial charge in [0.25, 0.3) is 0 Å². The van der Waals surface area contributed by atoms with E-state index >= 15 is 0 Å². The maximum atomic E-state index is 13.6. The number of carbonyl (C=O) groups excluding carboxylic acids is 1. The number of benzene rings is 2. The zero-order chi connectivity index (χ0) is 15.0. The fourth-order valence-electron chi connectivity index (χ4n) is 2.04. The number of hydrogen-bond donors (Lipinski definition) is 0. The van der Waals surface area contributed by atoms with Gasteiger partial charge in [0.05, 0.1) is 5.56 Å². The van der Waals surface area contributed by atoms with Gasteiger partial charge < -0.3 is 9.47 Å². The molecule has 0 fully saturated rings. The van der Waals surface area contributed by atoms with Crippen molar-refractivity contribution in [1.29, 1.82) is 0 Å². The van der Waals surface area contributed by atoms with Crippen molar-refractivity contribution >= 4 is 5.78 Å². The van der Waals surface area contributed by atoms with Gasteiger partial charge in [-0.3, -0.25) is 4.79 Å². The van der Waals surface area contributed by atoms with Crippen LogP contribution in [0.1, 0.15) is 10.4 Å². The molecule has 0 aromatic heterocycles. The molecule has 0 amide bonds. The van der Waals surface area contributed by atoms with E-state index in [1.54, 1.807) is 24.3 Å². The number of Topliss-reactive ketones (excluding diaryl/α,β-unsaturated/α-hetero) is 1. The van der Waals surface area contributed by atoms with Crippen LogP contribution in [0.25, 0.3) is 0 Å². The largest absolute Gasteiger partial charge is 0.485 e. The Balaban J connectivity index is 1.89. The van der Waals surface area contributed by atoms with Crippen molar-refractivity contribution in [3.63, 3.8) is 0 Å². The molecule has 0 aliphatic carbocycles. The third kappa shape index (κ3) is 2.33. The second-order valence-corrected chi connectivity index (χ2v) is 4.45. The van der Waals surface area contributed by atoms with Crippen molar-refractivity contribution in [3.05, 3.63) is 59.4 Å². The summed E-state index contributed by atoms with van der Waals surface area (Å²) in [6, 6.07) is 8.26. The molecule has 3 nitrogen and oxygen atoms in total. The molecule has 0 saturated heterocycles. The first-order valence-corrected chi connectivity index (χ1v) is 6.14. The molecule has 0 spiro atoms. The molecule has 0 N–H and O–H groups in total. The Bertz CT molecular complexity index is 715. The van der Waals surface area contributed by atoms with Gasteiger partial charge in [-0.1, -0.05) is 12.1 Å². The number of para-hydroxylation sites is 2. The first-order valence-electron chi connectivity index (χ1n) is 6.14. The van der Waals surface area contributed by atoms with Crippen LogP contribution in [0.5, 0.6) is 11.5 Å². The van der Waals surface area contributed by atoms with Gasteiger partial charge in [0.1, 0.15) is 6.61 Å². The first kappa shape index (κ1) is 13.5. The van der Waals surface area contributed by atoms with Crippen molar-refractivity contribution < 1.29 is 27.4 Å². The SMILES string of the molecule is O=C(c1ccc(F)c(F)c1F)C1COc2ccccc2O1. The molecule has 2 aromatic carbocycles. The minimum absolute atomic E-state index is 0.131. The average molecular weight is 294 g/mol. The fraction of sp³-hybridized carbons (Fsp3) is 0.133. The summed E-state index contributed by atoms with van der Waals surface area (Å²) in [6.45, 7) is -0.131. The summed E-state index contributed by atoms with van der Waals surface area (Å²) < 4.78 is 50.4. The van der Waals surface area contributed by atoms with Crippen molar-refractivity contribution in [2.45, 2.75) is 6.10 Å². The van der Waals surface area contributed by atoms with E-state index in [-0.39, 0.29) is 6.61 Å². The van der Waals surface area contributed by atoms with E-state index in [0.717, 1.165) is 6.07 Å². The number of carbonyl (C=O) groups is 1. The van der Waals surface area contributed by atoms with Gasteiger partial charge in [0, 0.05) is 0 Å². The van der Waals surface area contributed by atoms with E-state index in [0.29, 0.717) is 17.6 Å². The lowest BCUT2D eigenvalue weighted by atomic mass is 10.0. The quantitative estimate of drug-likeness (QED) is 0.630. The summed E-state index contributed by atoms with van der Waals surface area (Å²) in [5.41, 5.74) is -0.568. The van der Waals surface area contributed by atoms with E-state index in [1.165, 1.54) is 0 Å². The molecule has 1 aliphatic heterocycles. The van der Waals surface area contributed by atoms with Gasteiger partial charge in [-0.25, -0.2) is 13.2 Å². The van der Waals surface area contributed by atoms with E-state index in [1.807, 2.05) is 0 Å². The summed E-state index contributed by atoms with van der Waals surface area (Å²) in [7, 11) is 0. The van der Waals surface area contributed by atoms with Crippen LogP contribution in [0.15, 0.2) is 36.4 Å². The van der Waals surface area contributed by atoms with Crippen LogP contribution >= 0.6 is 0 Å². The van der Waals surface area contributed by atoms with Crippen molar-refractivity contribution in [2.24, 2.45) is 0 Å². The molecule has 1 unspecified atom stereocenters. The Kier molecular flexibility index (Phi) is 3.29. The van der Waals surface area contributed by atoms with Crippen LogP contribution in [-0.2, 0) is 0 Å². The monoisotopic (exact) mass is 294 g/mol. The van der Waals surface area contributed by atoms with Crippen LogP contribution in [0.2, 0.25) is 0 Å². The molecule has 6 heteroatoms. The summed E-state index contributed by atoms with van der Waals surface area (Å²) >= 11 is 0. The number of halogens is 3. The molecule has 1 aliphatic rings. The van der Waals surface area contributed by atoms with Crippen molar-refractivity contribution in [3.8, 4) is 11.5 Å². The lowest BCUT2D eigenvalue weighted by molar-refractivity contribution is 0.0581. The Morgan fingerprint density at radius 3 is 2.48 bits per heavy atom. The summed E-state index contributed by atoms with van der Waals surface area (Å²) in [5.74, 6) is -4.56. The van der Waals surface area contributed by atoms with Crippen LogP contribution in [0.3, 0.4) is 0 Å². The van der Waals surface area contributed by atoms with Gasteiger partial charge in [0.15, 0.2) is 35.1 Å². The highest BCUT2D eigenvalue weighted by atomic mass is 19.2. The molecule has 0 bridgehead atoms. The number of fused-ring (bicyclic) bond motifs is 1. The van der Waals surface area contributed by atoms with Gasteiger partial charge >= 0.3 is 0 Å². The molecular weight excluding hydrogens is 285 g/mol. The van der Waals surface area contributed by atoms with Crippen LogP contribution < -0.4 is 9.47 Å². The number of hydrogen-bond acceptors (Lipinski definition) is 3. The van der Waals surface area contributed by atoms with Crippen molar-refractivity contribution in [2.75, 3.05) is 6.61 Å². The molecule has 108 valence electrons. The summed E-state index contributed by atoms with van der Waals surface area (Å²) in [4.78, 5) is 12.2. The Morgan fingerprint density at radius 1 is 1.00 bits per heavy atom. The van der Waals surface area contributed by atoms with Gasteiger partial charge in [0.2, 0.25) is 5.78 Å². The molecule has 21 heavy (non-hydrogen) atoms. The molecule has 3 rings (SSSR count). The predicted molar refractivity (Wildman–Crippen MR) is 67.0 cm³/mol. The second kappa shape index (κ2) is 5.12. The minimum Gasteiger partial charge on any atom is -0.485 e. The summed E-state index contributed by atoms with van der Waals surface area (Å²) in [6.07, 6.45) is -1.11. The molecule has 2 aromatic rings. The van der Waals surface area contributed by atoms with Gasteiger partial charge in [-0.2, -0.15) is 0 Å². The standard InChI is InChI=1S/C15H9F3O3/c16-9-6-5-8(13(17)14(9)18)15(19)12-7-20-10-3-1-2-4-11(10)21-12/h1-6,12H,7H2. The highest BCUT2D eigenvalue weighted by Gasteiger charge is 2.31. The Hall–Kier alpha value is -2.50. The number of ketones is 1. The van der Waals surface area contributed by atoms with Gasteiger partial charge in [-0.05, 0) is 24.3 Å². The Labute approximate surface area is 117 Å². The molecular formula is C15H9F3O3. The fourth-order valence-corrected chi connectivity index (χ4v) is 2.04. The van der Waals surface area contributed by atoms with Crippen LogP contribution in [0, 0.1) is 17.5 Å². The molecule has 0 saturated carbocycles. The third-order valence-electron chi connectivity index (χ3n) is 3.10. The zero-order valence-corrected chi connectivity index (χ0v) is 10.6. The summed E-state index contributed by atoms with van der Waals surface area (Å²) in [5, 5.41) is 0. The second-order valence-electron chi connectivity index (χ2n) is 4.45. The van der Waals surface area contributed by atoms with E-state index < -0.39 is 34.9 Å². The van der Waals surface area contributed by atoms with Crippen LogP contribution in [-0.4, -0.2) is 18.5 Å². The highest BCUT2D eigenvalue weighted by Crippen LogP contribution is 2.32. The minimum atomic E-state index is -1.68. The Morgan fingerprint density at radius 2 is 1.71 bits per heavy atom.